The molecule has 0 saturated heterocycles. The average molecular weight is 459 g/mol. The zero-order chi connectivity index (χ0) is 24.1. The maximum Gasteiger partial charge on any atom is 0.407 e. The van der Waals surface area contributed by atoms with Crippen molar-refractivity contribution in [3.63, 3.8) is 0 Å². The number of alkyl carbamates (subject to hydrolysis) is 1. The lowest BCUT2D eigenvalue weighted by atomic mass is 9.97. The molecule has 3 aromatic rings. The van der Waals surface area contributed by atoms with E-state index in [4.69, 9.17) is 9.47 Å². The summed E-state index contributed by atoms with van der Waals surface area (Å²) < 4.78 is 10.6. The SMILES string of the molecule is COc1ccc(C#N)c(C(O)C(O)CCNC(=O)OCC2c3ccccc3-c3ccccc32)c1. The third-order valence-corrected chi connectivity index (χ3v) is 6.12. The zero-order valence-electron chi connectivity index (χ0n) is 18.8. The van der Waals surface area contributed by atoms with Crippen LogP contribution < -0.4 is 10.1 Å². The Morgan fingerprint density at radius 2 is 1.71 bits per heavy atom. The van der Waals surface area contributed by atoms with Crippen LogP contribution in [0.4, 0.5) is 4.79 Å². The minimum absolute atomic E-state index is 0.0389. The minimum Gasteiger partial charge on any atom is -0.497 e. The van der Waals surface area contributed by atoms with Crippen molar-refractivity contribution in [3.05, 3.63) is 89.0 Å². The topological polar surface area (TPSA) is 112 Å². The van der Waals surface area contributed by atoms with Gasteiger partial charge in [-0.3, -0.25) is 0 Å². The normalized spacial score (nSPS) is 13.8. The summed E-state index contributed by atoms with van der Waals surface area (Å²) in [5.74, 6) is 0.431. The van der Waals surface area contributed by atoms with E-state index in [0.29, 0.717) is 5.75 Å². The van der Waals surface area contributed by atoms with E-state index in [1.54, 1.807) is 6.07 Å². The number of hydrogen-bond acceptors (Lipinski definition) is 6. The fourth-order valence-electron chi connectivity index (χ4n) is 4.35. The molecule has 4 rings (SSSR count). The summed E-state index contributed by atoms with van der Waals surface area (Å²) in [5, 5.41) is 32.8. The molecule has 0 radical (unpaired) electrons. The predicted octanol–water partition coefficient (Wildman–Crippen LogP) is 3.89. The predicted molar refractivity (Wildman–Crippen MR) is 126 cm³/mol. The molecule has 34 heavy (non-hydrogen) atoms. The molecule has 1 aliphatic carbocycles. The molecule has 1 aliphatic rings. The van der Waals surface area contributed by atoms with Crippen LogP contribution in [0, 0.1) is 11.3 Å². The second-order valence-corrected chi connectivity index (χ2v) is 8.12. The van der Waals surface area contributed by atoms with Gasteiger partial charge in [-0.2, -0.15) is 5.26 Å². The highest BCUT2D eigenvalue weighted by molar-refractivity contribution is 5.79. The van der Waals surface area contributed by atoms with Gasteiger partial charge in [-0.15, -0.1) is 0 Å². The highest BCUT2D eigenvalue weighted by Gasteiger charge is 2.29. The number of methoxy groups -OCH3 is 1. The van der Waals surface area contributed by atoms with E-state index >= 15 is 0 Å². The molecular formula is C27H26N2O5. The average Bonchev–Trinajstić information content (AvgIpc) is 3.20. The smallest absolute Gasteiger partial charge is 0.407 e. The Hall–Kier alpha value is -3.86. The van der Waals surface area contributed by atoms with Gasteiger partial charge in [0.25, 0.3) is 0 Å². The molecule has 7 nitrogen and oxygen atoms in total. The van der Waals surface area contributed by atoms with Crippen molar-refractivity contribution in [2.75, 3.05) is 20.3 Å². The summed E-state index contributed by atoms with van der Waals surface area (Å²) in [5.41, 5.74) is 5.08. The lowest BCUT2D eigenvalue weighted by molar-refractivity contribution is 0.0134. The molecule has 0 bridgehead atoms. The Labute approximate surface area is 198 Å². The molecular weight excluding hydrogens is 432 g/mol. The first-order chi connectivity index (χ1) is 16.5. The number of benzene rings is 3. The van der Waals surface area contributed by atoms with E-state index in [1.165, 1.54) is 19.2 Å². The van der Waals surface area contributed by atoms with Gasteiger partial charge in [-0.05, 0) is 46.9 Å². The third-order valence-electron chi connectivity index (χ3n) is 6.12. The molecule has 2 atom stereocenters. The van der Waals surface area contributed by atoms with Crippen LogP contribution in [0.2, 0.25) is 0 Å². The van der Waals surface area contributed by atoms with E-state index < -0.39 is 18.3 Å². The first-order valence-corrected chi connectivity index (χ1v) is 11.1. The largest absolute Gasteiger partial charge is 0.497 e. The Morgan fingerprint density at radius 3 is 2.32 bits per heavy atom. The van der Waals surface area contributed by atoms with Crippen LogP contribution in [0.5, 0.6) is 5.75 Å². The second kappa shape index (κ2) is 10.4. The van der Waals surface area contributed by atoms with Crippen molar-refractivity contribution in [1.82, 2.24) is 5.32 Å². The molecule has 1 amide bonds. The number of ether oxygens (including phenoxy) is 2. The standard InChI is InChI=1S/C27H26N2O5/c1-33-18-11-10-17(15-28)23(14-18)26(31)25(30)12-13-29-27(32)34-16-24-21-8-4-2-6-19(21)20-7-3-5-9-22(20)24/h2-11,14,24-26,30-31H,12-13,16H2,1H3,(H,29,32). The Morgan fingerprint density at radius 1 is 1.06 bits per heavy atom. The first-order valence-electron chi connectivity index (χ1n) is 11.1. The van der Waals surface area contributed by atoms with Crippen LogP contribution in [0.15, 0.2) is 66.7 Å². The number of amides is 1. The lowest BCUT2D eigenvalue weighted by Gasteiger charge is -2.20. The number of carbonyl (C=O) groups is 1. The van der Waals surface area contributed by atoms with Crippen molar-refractivity contribution >= 4 is 6.09 Å². The highest BCUT2D eigenvalue weighted by atomic mass is 16.5. The van der Waals surface area contributed by atoms with E-state index in [-0.39, 0.29) is 36.6 Å². The van der Waals surface area contributed by atoms with Crippen molar-refractivity contribution in [3.8, 4) is 22.9 Å². The van der Waals surface area contributed by atoms with Gasteiger partial charge in [0.05, 0.1) is 24.8 Å². The van der Waals surface area contributed by atoms with Crippen LogP contribution in [-0.2, 0) is 4.74 Å². The van der Waals surface area contributed by atoms with Crippen LogP contribution in [0.25, 0.3) is 11.1 Å². The Kier molecular flexibility index (Phi) is 7.12. The van der Waals surface area contributed by atoms with E-state index in [2.05, 4.69) is 17.4 Å². The molecule has 174 valence electrons. The Balaban J connectivity index is 1.30. The monoisotopic (exact) mass is 458 g/mol. The number of carbonyl (C=O) groups excluding carboxylic acids is 1. The van der Waals surface area contributed by atoms with Crippen LogP contribution >= 0.6 is 0 Å². The number of rotatable bonds is 8. The third kappa shape index (κ3) is 4.74. The highest BCUT2D eigenvalue weighted by Crippen LogP contribution is 2.44. The number of aliphatic hydroxyl groups is 2. The van der Waals surface area contributed by atoms with Gasteiger partial charge in [0, 0.05) is 18.0 Å². The van der Waals surface area contributed by atoms with Gasteiger partial charge in [-0.25, -0.2) is 4.79 Å². The van der Waals surface area contributed by atoms with Crippen molar-refractivity contribution in [1.29, 1.82) is 5.26 Å². The van der Waals surface area contributed by atoms with Gasteiger partial charge < -0.3 is 25.0 Å². The quantitative estimate of drug-likeness (QED) is 0.472. The van der Waals surface area contributed by atoms with Crippen molar-refractivity contribution in [2.45, 2.75) is 24.5 Å². The van der Waals surface area contributed by atoms with E-state index in [9.17, 15) is 20.3 Å². The second-order valence-electron chi connectivity index (χ2n) is 8.12. The van der Waals surface area contributed by atoms with E-state index in [1.807, 2.05) is 42.5 Å². The summed E-state index contributed by atoms with van der Waals surface area (Å²) in [6.45, 7) is 0.293. The molecule has 2 unspecified atom stereocenters. The molecule has 0 heterocycles. The molecule has 0 saturated carbocycles. The number of hydrogen-bond donors (Lipinski definition) is 3. The zero-order valence-corrected chi connectivity index (χ0v) is 18.8. The van der Waals surface area contributed by atoms with Crippen molar-refractivity contribution in [2.24, 2.45) is 0 Å². The molecule has 3 aromatic carbocycles. The molecule has 0 aliphatic heterocycles. The minimum atomic E-state index is -1.30. The summed E-state index contributed by atoms with van der Waals surface area (Å²) in [4.78, 5) is 12.3. The van der Waals surface area contributed by atoms with E-state index in [0.717, 1.165) is 22.3 Å². The summed E-state index contributed by atoms with van der Waals surface area (Å²) in [7, 11) is 1.48. The summed E-state index contributed by atoms with van der Waals surface area (Å²) >= 11 is 0. The maximum absolute atomic E-state index is 12.3. The van der Waals surface area contributed by atoms with Gasteiger partial charge in [0.15, 0.2) is 0 Å². The molecule has 7 heteroatoms. The van der Waals surface area contributed by atoms with Crippen LogP contribution in [0.1, 0.15) is 40.7 Å². The van der Waals surface area contributed by atoms with Crippen LogP contribution in [0.3, 0.4) is 0 Å². The van der Waals surface area contributed by atoms with Gasteiger partial charge in [-0.1, -0.05) is 48.5 Å². The fraction of sp³-hybridized carbons (Fsp3) is 0.259. The Bertz CT molecular complexity index is 1170. The van der Waals surface area contributed by atoms with Gasteiger partial charge >= 0.3 is 6.09 Å². The number of nitriles is 1. The number of fused-ring (bicyclic) bond motifs is 3. The number of nitrogens with one attached hydrogen (secondary N) is 1. The maximum atomic E-state index is 12.3. The van der Waals surface area contributed by atoms with Gasteiger partial charge in [0.1, 0.15) is 18.5 Å². The molecule has 0 fully saturated rings. The fourth-order valence-corrected chi connectivity index (χ4v) is 4.35. The number of aliphatic hydroxyl groups excluding tert-OH is 2. The summed E-state index contributed by atoms with van der Waals surface area (Å²) in [6.07, 6.45) is -3.00. The van der Waals surface area contributed by atoms with Crippen molar-refractivity contribution < 1.29 is 24.5 Å². The van der Waals surface area contributed by atoms with Gasteiger partial charge in [0.2, 0.25) is 0 Å². The van der Waals surface area contributed by atoms with Crippen LogP contribution in [-0.4, -0.2) is 42.7 Å². The number of nitrogens with zero attached hydrogens (tertiary/aromatic N) is 1. The molecule has 3 N–H and O–H groups in total. The molecule has 0 aromatic heterocycles. The lowest BCUT2D eigenvalue weighted by Crippen LogP contribution is -2.30. The first kappa shape index (κ1) is 23.3. The molecule has 0 spiro atoms. The summed E-state index contributed by atoms with van der Waals surface area (Å²) in [6, 6.07) is 22.8.